The first-order valence-corrected chi connectivity index (χ1v) is 27.8. The lowest BCUT2D eigenvalue weighted by Gasteiger charge is -2.47. The summed E-state index contributed by atoms with van der Waals surface area (Å²) >= 11 is 0. The first-order chi connectivity index (χ1) is 36.7. The monoisotopic (exact) mass is 959 g/mol. The van der Waals surface area contributed by atoms with Gasteiger partial charge in [-0.05, 0) is 152 Å². The Labute approximate surface area is 433 Å². The van der Waals surface area contributed by atoms with Crippen LogP contribution in [-0.2, 0) is 11.5 Å². The zero-order valence-electron chi connectivity index (χ0n) is 40.8. The van der Waals surface area contributed by atoms with Crippen molar-refractivity contribution in [2.24, 2.45) is 0 Å². The molecule has 0 atom stereocenters. The summed E-state index contributed by atoms with van der Waals surface area (Å²) in [6.45, 7) is 0. The molecule has 0 aromatic heterocycles. The lowest BCUT2D eigenvalue weighted by atomic mass is 9.83. The van der Waals surface area contributed by atoms with Crippen molar-refractivity contribution in [3.63, 3.8) is 0 Å². The molecule has 0 amide bonds. The van der Waals surface area contributed by atoms with Crippen LogP contribution in [0.5, 0.6) is 0 Å². The lowest BCUT2D eigenvalue weighted by Crippen LogP contribution is -2.21. The van der Waals surface area contributed by atoms with Crippen LogP contribution in [-0.4, -0.2) is 0 Å². The van der Waals surface area contributed by atoms with Crippen LogP contribution in [0.15, 0.2) is 283 Å². The van der Waals surface area contributed by atoms with Crippen molar-refractivity contribution in [3.05, 3.63) is 284 Å². The molecule has 348 valence electrons. The van der Waals surface area contributed by atoms with Crippen LogP contribution >= 0.6 is 10.0 Å². The van der Waals surface area contributed by atoms with Crippen molar-refractivity contribution >= 4 is 70.2 Å². The van der Waals surface area contributed by atoms with Crippen molar-refractivity contribution in [2.45, 2.75) is 21.3 Å². The van der Waals surface area contributed by atoms with Gasteiger partial charge in [0.2, 0.25) is 0 Å². The summed E-state index contributed by atoms with van der Waals surface area (Å²) in [6.07, 6.45) is 0. The van der Waals surface area contributed by atoms with Gasteiger partial charge in [0.05, 0.1) is 11.4 Å². The number of para-hydroxylation sites is 2. The highest BCUT2D eigenvalue weighted by atomic mass is 32.3. The van der Waals surface area contributed by atoms with Crippen molar-refractivity contribution in [1.82, 2.24) is 0 Å². The Morgan fingerprint density at radius 3 is 1.18 bits per heavy atom. The van der Waals surface area contributed by atoms with Gasteiger partial charge in [0.15, 0.2) is 0 Å². The van der Waals surface area contributed by atoms with Crippen LogP contribution in [0, 0.1) is 0 Å². The molecule has 0 N–H and O–H groups in total. The minimum atomic E-state index is -1.50. The fraction of sp³-hybridized carbons (Fsp3) is 0.0278. The van der Waals surface area contributed by atoms with Crippen LogP contribution in [0.25, 0.3) is 98.7 Å². The van der Waals surface area contributed by atoms with Crippen LogP contribution < -0.4 is 4.90 Å². The Morgan fingerprint density at radius 1 is 0.243 bits per heavy atom. The van der Waals surface area contributed by atoms with Crippen LogP contribution in [0.1, 0.15) is 11.1 Å². The molecule has 0 saturated carbocycles. The fourth-order valence-corrected chi connectivity index (χ4v) is 17.1. The second-order valence-corrected chi connectivity index (χ2v) is 23.2. The molecule has 2 heterocycles. The smallest absolute Gasteiger partial charge is 0.0586 e. The first kappa shape index (κ1) is 42.7. The van der Waals surface area contributed by atoms with Crippen LogP contribution in [0.4, 0.5) is 17.1 Å². The molecular weight excluding hydrogens is 911 g/mol. The average molecular weight is 960 g/mol. The Kier molecular flexibility index (Phi) is 9.86. The normalized spacial score (nSPS) is 13.8. The Hall–Kier alpha value is -8.95. The summed E-state index contributed by atoms with van der Waals surface area (Å²) in [5.41, 5.74) is 19.2. The van der Waals surface area contributed by atoms with Crippen molar-refractivity contribution in [3.8, 4) is 55.6 Å². The Bertz CT molecular complexity index is 4270. The third-order valence-electron chi connectivity index (χ3n) is 16.0. The number of rotatable bonds is 6. The molecule has 74 heavy (non-hydrogen) atoms. The maximum Gasteiger partial charge on any atom is 0.0586 e. The Morgan fingerprint density at radius 2 is 0.622 bits per heavy atom. The van der Waals surface area contributed by atoms with Gasteiger partial charge in [-0.2, -0.15) is 10.0 Å². The van der Waals surface area contributed by atoms with E-state index in [2.05, 4.69) is 278 Å². The Balaban J connectivity index is 0.914. The van der Waals surface area contributed by atoms with Gasteiger partial charge in [-0.1, -0.05) is 231 Å². The number of nitrogens with zero attached hydrogens (tertiary/aromatic N) is 1. The van der Waals surface area contributed by atoms with E-state index in [4.69, 9.17) is 0 Å². The predicted octanol–water partition coefficient (Wildman–Crippen LogP) is 20.4. The maximum absolute atomic E-state index is 2.60. The standard InChI is InChI=1S/C72H49NS/c1-4-20-48(21-5-1)52-40-42-63-64(44-52)71(49-22-6-2-7-23-49)60-31-15-12-28-57(60)70(63)51-38-36-50(37-39-51)69-58-29-13-16-32-61(58)72(62-33-17-14-30-59(62)69)53-41-43-66-68(45-53)74(46-54-24-10-11-25-55(54)47-74)67-35-19-18-34-65(67)73(66)56-26-8-3-9-27-56/h1-45H,46-47H2. The molecule has 0 fully saturated rings. The van der Waals surface area contributed by atoms with Gasteiger partial charge in [-0.15, -0.1) is 0 Å². The van der Waals surface area contributed by atoms with Gasteiger partial charge in [0, 0.05) is 27.0 Å². The highest BCUT2D eigenvalue weighted by Gasteiger charge is 2.44. The van der Waals surface area contributed by atoms with Gasteiger partial charge >= 0.3 is 0 Å². The highest BCUT2D eigenvalue weighted by molar-refractivity contribution is 8.33. The van der Waals surface area contributed by atoms with E-state index >= 15 is 0 Å². The quantitative estimate of drug-likeness (QED) is 0.150. The van der Waals surface area contributed by atoms with E-state index < -0.39 is 10.0 Å². The van der Waals surface area contributed by atoms with Gasteiger partial charge < -0.3 is 4.90 Å². The molecule has 1 nitrogen and oxygen atoms in total. The molecular formula is C72H49NS. The van der Waals surface area contributed by atoms with Crippen molar-refractivity contribution in [1.29, 1.82) is 0 Å². The zero-order valence-corrected chi connectivity index (χ0v) is 41.6. The number of anilines is 3. The van der Waals surface area contributed by atoms with E-state index in [1.54, 1.807) is 0 Å². The highest BCUT2D eigenvalue weighted by Crippen LogP contribution is 2.77. The predicted molar refractivity (Wildman–Crippen MR) is 316 cm³/mol. The molecule has 13 aromatic carbocycles. The minimum Gasteiger partial charge on any atom is -0.308 e. The molecule has 2 aliphatic heterocycles. The number of hydrogen-bond acceptors (Lipinski definition) is 1. The minimum absolute atomic E-state index is 1.05. The van der Waals surface area contributed by atoms with Crippen LogP contribution in [0.3, 0.4) is 0 Å². The third kappa shape index (κ3) is 6.58. The van der Waals surface area contributed by atoms with E-state index in [9.17, 15) is 0 Å². The van der Waals surface area contributed by atoms with Gasteiger partial charge in [0.25, 0.3) is 0 Å². The summed E-state index contributed by atoms with van der Waals surface area (Å²) < 4.78 is 0. The summed E-state index contributed by atoms with van der Waals surface area (Å²) in [6, 6.07) is 102. The number of fused-ring (bicyclic) bond motifs is 9. The van der Waals surface area contributed by atoms with E-state index in [1.807, 2.05) is 0 Å². The number of hydrogen-bond donors (Lipinski definition) is 0. The van der Waals surface area contributed by atoms with Crippen molar-refractivity contribution < 1.29 is 0 Å². The van der Waals surface area contributed by atoms with Gasteiger partial charge in [-0.3, -0.25) is 0 Å². The maximum atomic E-state index is 2.60. The molecule has 2 heteroatoms. The van der Waals surface area contributed by atoms with Crippen LogP contribution in [0.2, 0.25) is 0 Å². The first-order valence-electron chi connectivity index (χ1n) is 25.8. The topological polar surface area (TPSA) is 3.24 Å². The second kappa shape index (κ2) is 17.1. The second-order valence-electron chi connectivity index (χ2n) is 20.0. The van der Waals surface area contributed by atoms with E-state index in [0.717, 1.165) is 11.5 Å². The molecule has 0 bridgehead atoms. The molecule has 1 spiro atoms. The fourth-order valence-electron chi connectivity index (χ4n) is 12.7. The van der Waals surface area contributed by atoms with E-state index in [1.165, 1.54) is 137 Å². The molecule has 0 unspecified atom stereocenters. The lowest BCUT2D eigenvalue weighted by molar-refractivity contribution is 1.13. The number of benzene rings is 13. The summed E-state index contributed by atoms with van der Waals surface area (Å²) in [5, 5.41) is 10.1. The largest absolute Gasteiger partial charge is 0.308 e. The molecule has 0 radical (unpaired) electrons. The molecule has 0 saturated heterocycles. The van der Waals surface area contributed by atoms with E-state index in [-0.39, 0.29) is 0 Å². The van der Waals surface area contributed by atoms with Gasteiger partial charge in [0.1, 0.15) is 0 Å². The molecule has 15 rings (SSSR count). The third-order valence-corrected chi connectivity index (χ3v) is 19.9. The zero-order chi connectivity index (χ0) is 48.7. The van der Waals surface area contributed by atoms with E-state index in [0.29, 0.717) is 0 Å². The molecule has 2 aliphatic rings. The summed E-state index contributed by atoms with van der Waals surface area (Å²) in [7, 11) is -1.50. The average Bonchev–Trinajstić information content (AvgIpc) is 3.87. The summed E-state index contributed by atoms with van der Waals surface area (Å²) in [5.74, 6) is 2.10. The van der Waals surface area contributed by atoms with Gasteiger partial charge in [-0.25, -0.2) is 0 Å². The molecule has 0 aliphatic carbocycles. The van der Waals surface area contributed by atoms with Crippen molar-refractivity contribution in [2.75, 3.05) is 4.90 Å². The summed E-state index contributed by atoms with van der Waals surface area (Å²) in [4.78, 5) is 5.46. The molecule has 13 aromatic rings. The SMILES string of the molecule is c1ccc(-c2ccc3c(-c4ccc(-c5c6ccccc6c(-c6ccc7c(c6)S6(Cc8ccccc8C6)c6ccccc6N7c6ccccc6)c6ccccc56)cc4)c4ccccc4c(-c4ccccc4)c3c2)cc1.